The van der Waals surface area contributed by atoms with Gasteiger partial charge in [0, 0.05) is 34.7 Å². The van der Waals surface area contributed by atoms with Crippen LogP contribution in [0.3, 0.4) is 0 Å². The lowest BCUT2D eigenvalue weighted by Crippen LogP contribution is -2.48. The molecule has 0 heterocycles. The fourth-order valence-corrected chi connectivity index (χ4v) is 7.03. The number of rotatable bonds is 10. The molecule has 0 saturated carbocycles. The second-order valence-corrected chi connectivity index (χ2v) is 13.3. The summed E-state index contributed by atoms with van der Waals surface area (Å²) in [5.41, 5.74) is 6.34. The average Bonchev–Trinajstić information content (AvgIpc) is 3.42. The summed E-state index contributed by atoms with van der Waals surface area (Å²) >= 11 is 6.90. The van der Waals surface area contributed by atoms with Gasteiger partial charge in [-0.2, -0.15) is 0 Å². The van der Waals surface area contributed by atoms with E-state index in [0.29, 0.717) is 17.0 Å². The van der Waals surface area contributed by atoms with Crippen LogP contribution >= 0.6 is 11.6 Å². The summed E-state index contributed by atoms with van der Waals surface area (Å²) in [6, 6.07) is 40.4. The first kappa shape index (κ1) is 33.0. The first-order valence-corrected chi connectivity index (χ1v) is 16.8. The molecule has 0 saturated heterocycles. The van der Waals surface area contributed by atoms with Gasteiger partial charge in [0.2, 0.25) is 0 Å². The number of hydrogen-bond donors (Lipinski definition) is 0. The monoisotopic (exact) mass is 657 g/mol. The minimum Gasteiger partial charge on any atom is -0.448 e. The van der Waals surface area contributed by atoms with Crippen LogP contribution in [0.15, 0.2) is 127 Å². The molecule has 0 N–H and O–H groups in total. The molecule has 0 aromatic heterocycles. The molecular weight excluding hydrogens is 618 g/mol. The van der Waals surface area contributed by atoms with Crippen molar-refractivity contribution in [2.75, 3.05) is 13.7 Å². The highest BCUT2D eigenvalue weighted by Crippen LogP contribution is 2.46. The van der Waals surface area contributed by atoms with Crippen LogP contribution in [0, 0.1) is 12.8 Å². The number of benzene rings is 5. The minimum atomic E-state index is -1.39. The Bertz CT molecular complexity index is 1860. The maximum absolute atomic E-state index is 14.6. The average molecular weight is 658 g/mol. The second-order valence-electron chi connectivity index (χ2n) is 12.9. The van der Waals surface area contributed by atoms with E-state index < -0.39 is 23.7 Å². The highest BCUT2D eigenvalue weighted by Gasteiger charge is 2.45. The fourth-order valence-electron chi connectivity index (χ4n) is 6.76. The van der Waals surface area contributed by atoms with Crippen LogP contribution in [0.25, 0.3) is 11.1 Å². The smallest absolute Gasteiger partial charge is 0.410 e. The van der Waals surface area contributed by atoms with Crippen molar-refractivity contribution in [1.29, 1.82) is 0 Å². The third-order valence-corrected chi connectivity index (χ3v) is 9.53. The summed E-state index contributed by atoms with van der Waals surface area (Å²) < 4.78 is 12.7. The van der Waals surface area contributed by atoms with Gasteiger partial charge in [-0.05, 0) is 47.6 Å². The zero-order valence-electron chi connectivity index (χ0n) is 27.7. The topological polar surface area (TPSA) is 55.8 Å². The predicted octanol–water partition coefficient (Wildman–Crippen LogP) is 9.78. The molecule has 48 heavy (non-hydrogen) atoms. The molecular formula is C42H40ClNO4. The zero-order chi connectivity index (χ0) is 33.8. The quantitative estimate of drug-likeness (QED) is 0.111. The van der Waals surface area contributed by atoms with Gasteiger partial charge in [-0.25, -0.2) is 9.59 Å². The van der Waals surface area contributed by atoms with Gasteiger partial charge in [0.1, 0.15) is 12.6 Å². The van der Waals surface area contributed by atoms with Gasteiger partial charge < -0.3 is 9.47 Å². The van der Waals surface area contributed by atoms with Gasteiger partial charge in [-0.3, -0.25) is 4.90 Å². The molecule has 0 spiro atoms. The fraction of sp³-hybridized carbons (Fsp3) is 0.238. The Kier molecular flexibility index (Phi) is 9.70. The molecule has 0 fully saturated rings. The number of esters is 1. The van der Waals surface area contributed by atoms with Crippen molar-refractivity contribution in [2.24, 2.45) is 5.92 Å². The summed E-state index contributed by atoms with van der Waals surface area (Å²) in [4.78, 5) is 29.8. The van der Waals surface area contributed by atoms with Crippen LogP contribution < -0.4 is 0 Å². The molecule has 1 unspecified atom stereocenters. The van der Waals surface area contributed by atoms with E-state index in [-0.39, 0.29) is 18.4 Å². The van der Waals surface area contributed by atoms with Crippen molar-refractivity contribution >= 4 is 23.7 Å². The molecule has 1 aliphatic rings. The lowest BCUT2D eigenvalue weighted by Gasteiger charge is -2.38. The Morgan fingerprint density at radius 1 is 0.750 bits per heavy atom. The van der Waals surface area contributed by atoms with Crippen molar-refractivity contribution in [3.63, 3.8) is 0 Å². The Balaban J connectivity index is 1.33. The number of halogens is 1. The van der Waals surface area contributed by atoms with Crippen LogP contribution in [0.1, 0.15) is 59.6 Å². The molecule has 6 rings (SSSR count). The Morgan fingerprint density at radius 3 is 1.90 bits per heavy atom. The van der Waals surface area contributed by atoms with Gasteiger partial charge in [-0.15, -0.1) is 0 Å². The van der Waals surface area contributed by atoms with E-state index in [0.717, 1.165) is 38.9 Å². The minimum absolute atomic E-state index is 0.0807. The van der Waals surface area contributed by atoms with Crippen molar-refractivity contribution < 1.29 is 19.1 Å². The normalized spacial score (nSPS) is 14.0. The summed E-state index contributed by atoms with van der Waals surface area (Å²) in [5, 5.41) is 0.458. The number of carbonyl (C=O) groups excluding carboxylic acids is 2. The maximum Gasteiger partial charge on any atom is 0.410 e. The number of ether oxygens (including phenoxy) is 2. The van der Waals surface area contributed by atoms with Crippen molar-refractivity contribution in [1.82, 2.24) is 4.90 Å². The molecule has 5 aromatic carbocycles. The maximum atomic E-state index is 14.6. The summed E-state index contributed by atoms with van der Waals surface area (Å²) in [7, 11) is 1.61. The van der Waals surface area contributed by atoms with E-state index in [2.05, 4.69) is 24.3 Å². The number of likely N-dealkylation sites (N-methyl/N-ethyl adjacent to an activating group) is 1. The second kappa shape index (κ2) is 14.1. The van der Waals surface area contributed by atoms with Crippen LogP contribution in [-0.4, -0.2) is 36.7 Å². The van der Waals surface area contributed by atoms with E-state index in [1.165, 1.54) is 4.90 Å². The van der Waals surface area contributed by atoms with Crippen LogP contribution in [0.2, 0.25) is 5.02 Å². The third kappa shape index (κ3) is 6.35. The molecule has 0 radical (unpaired) electrons. The number of aryl methyl sites for hydroxylation is 1. The molecule has 5 aromatic rings. The molecule has 6 heteroatoms. The first-order chi connectivity index (χ1) is 23.2. The van der Waals surface area contributed by atoms with Crippen molar-refractivity contribution in [2.45, 2.75) is 44.8 Å². The highest BCUT2D eigenvalue weighted by atomic mass is 35.5. The lowest BCUT2D eigenvalue weighted by atomic mass is 9.79. The van der Waals surface area contributed by atoms with Gasteiger partial charge in [0.05, 0.1) is 0 Å². The molecule has 1 amide bonds. The van der Waals surface area contributed by atoms with Gasteiger partial charge >= 0.3 is 12.1 Å². The van der Waals surface area contributed by atoms with Gasteiger partial charge in [0.15, 0.2) is 5.60 Å². The largest absolute Gasteiger partial charge is 0.448 e. The molecule has 244 valence electrons. The molecule has 1 aliphatic carbocycles. The SMILES string of the molecule is Cc1ccc(C(OC(=O)[C@H](CC(C)C)N(C)C(=O)OCC2c3ccccc3-c3ccccc32)(c2ccccc2)c2ccccc2Cl)cc1. The zero-order valence-corrected chi connectivity index (χ0v) is 28.5. The van der Waals surface area contributed by atoms with E-state index in [9.17, 15) is 9.59 Å². The molecule has 0 aliphatic heterocycles. The van der Waals surface area contributed by atoms with E-state index >= 15 is 0 Å². The standard InChI is InChI=1S/C42H40ClNO4/c1-28(2)26-39(44(4)41(46)47-27-36-34-18-10-8-16-32(34)33-17-9-11-19-35(33)36)40(45)48-42(30-14-6-5-7-15-30,31-24-22-29(3)23-25-31)37-20-12-13-21-38(37)43/h5-25,28,36,39H,26-27H2,1-4H3/t39-,42?/m0/s1. The molecule has 5 nitrogen and oxygen atoms in total. The lowest BCUT2D eigenvalue weighted by molar-refractivity contribution is -0.159. The van der Waals surface area contributed by atoms with Gasteiger partial charge in [-0.1, -0.05) is 152 Å². The highest BCUT2D eigenvalue weighted by molar-refractivity contribution is 6.31. The van der Waals surface area contributed by atoms with E-state index in [1.807, 2.05) is 118 Å². The Morgan fingerprint density at radius 2 is 1.29 bits per heavy atom. The molecule has 2 atom stereocenters. The number of fused-ring (bicyclic) bond motifs is 3. The van der Waals surface area contributed by atoms with Crippen LogP contribution in [-0.2, 0) is 19.9 Å². The van der Waals surface area contributed by atoms with Crippen molar-refractivity contribution in [3.05, 3.63) is 166 Å². The number of carbonyl (C=O) groups is 2. The Hall–Kier alpha value is -4.87. The van der Waals surface area contributed by atoms with E-state index in [1.54, 1.807) is 13.1 Å². The van der Waals surface area contributed by atoms with Crippen LogP contribution in [0.5, 0.6) is 0 Å². The number of nitrogens with zero attached hydrogens (tertiary/aromatic N) is 1. The first-order valence-electron chi connectivity index (χ1n) is 16.4. The summed E-state index contributed by atoms with van der Waals surface area (Å²) in [6.45, 7) is 6.20. The molecule has 0 bridgehead atoms. The number of hydrogen-bond acceptors (Lipinski definition) is 4. The van der Waals surface area contributed by atoms with E-state index in [4.69, 9.17) is 21.1 Å². The van der Waals surface area contributed by atoms with Crippen molar-refractivity contribution in [3.8, 4) is 11.1 Å². The third-order valence-electron chi connectivity index (χ3n) is 9.20. The summed E-state index contributed by atoms with van der Waals surface area (Å²) in [5.74, 6) is -0.570. The predicted molar refractivity (Wildman–Crippen MR) is 191 cm³/mol. The van der Waals surface area contributed by atoms with Gasteiger partial charge in [0.25, 0.3) is 0 Å². The summed E-state index contributed by atoms with van der Waals surface area (Å²) in [6.07, 6.45) is -0.210. The van der Waals surface area contributed by atoms with Crippen LogP contribution in [0.4, 0.5) is 4.79 Å². The Labute approximate surface area is 288 Å². The number of amides is 1.